The number of anilines is 1. The maximum atomic E-state index is 13.0. The van der Waals surface area contributed by atoms with Crippen molar-refractivity contribution in [3.8, 4) is 5.75 Å². The second-order valence-corrected chi connectivity index (χ2v) is 8.80. The third kappa shape index (κ3) is 4.93. The molecule has 2 heterocycles. The van der Waals surface area contributed by atoms with E-state index in [1.807, 2.05) is 0 Å². The Balaban J connectivity index is 1.71. The van der Waals surface area contributed by atoms with E-state index in [1.165, 1.54) is 30.3 Å². The topological polar surface area (TPSA) is 102 Å². The van der Waals surface area contributed by atoms with Crippen LogP contribution in [0, 0.1) is 19.8 Å². The number of halogens is 3. The monoisotopic (exact) mass is 447 g/mol. The van der Waals surface area contributed by atoms with Gasteiger partial charge in [0, 0.05) is 24.8 Å². The molecule has 0 radical (unpaired) electrons. The Bertz CT molecular complexity index is 1020. The molecule has 1 fully saturated rings. The number of benzene rings is 1. The molecular formula is C18H20F3N3O5S. The molecule has 0 spiro atoms. The van der Waals surface area contributed by atoms with E-state index in [4.69, 9.17) is 4.52 Å². The van der Waals surface area contributed by atoms with E-state index < -0.39 is 34.0 Å². The summed E-state index contributed by atoms with van der Waals surface area (Å²) in [5.41, 5.74) is 0.355. The zero-order chi connectivity index (χ0) is 22.1. The van der Waals surface area contributed by atoms with E-state index in [2.05, 4.69) is 15.2 Å². The van der Waals surface area contributed by atoms with Crippen LogP contribution >= 0.6 is 0 Å². The van der Waals surface area contributed by atoms with Crippen molar-refractivity contribution in [3.63, 3.8) is 0 Å². The van der Waals surface area contributed by atoms with Gasteiger partial charge in [-0.25, -0.2) is 8.42 Å². The number of piperidine rings is 1. The summed E-state index contributed by atoms with van der Waals surface area (Å²) in [5.74, 6) is -1.45. The maximum absolute atomic E-state index is 13.0. The van der Waals surface area contributed by atoms with Crippen molar-refractivity contribution in [2.75, 3.05) is 18.4 Å². The van der Waals surface area contributed by atoms with E-state index in [9.17, 15) is 26.4 Å². The van der Waals surface area contributed by atoms with Crippen LogP contribution in [0.3, 0.4) is 0 Å². The molecule has 1 aromatic carbocycles. The fourth-order valence-corrected chi connectivity index (χ4v) is 5.18. The van der Waals surface area contributed by atoms with Crippen LogP contribution in [-0.2, 0) is 14.8 Å². The maximum Gasteiger partial charge on any atom is 0.573 e. The van der Waals surface area contributed by atoms with Crippen molar-refractivity contribution in [2.24, 2.45) is 5.92 Å². The van der Waals surface area contributed by atoms with Crippen LogP contribution in [-0.4, -0.2) is 43.2 Å². The number of sulfonamides is 1. The fraction of sp³-hybridized carbons (Fsp3) is 0.444. The van der Waals surface area contributed by atoms with Crippen LogP contribution in [0.2, 0.25) is 0 Å². The molecule has 1 N–H and O–H groups in total. The molecule has 0 bridgehead atoms. The number of carbonyl (C=O) groups excluding carboxylic acids is 1. The molecule has 0 unspecified atom stereocenters. The van der Waals surface area contributed by atoms with Crippen molar-refractivity contribution in [3.05, 3.63) is 35.7 Å². The molecule has 1 aliphatic rings. The first-order chi connectivity index (χ1) is 14.0. The van der Waals surface area contributed by atoms with Gasteiger partial charge in [-0.1, -0.05) is 11.2 Å². The smallest absolute Gasteiger partial charge is 0.406 e. The van der Waals surface area contributed by atoms with Gasteiger partial charge in [-0.3, -0.25) is 4.79 Å². The van der Waals surface area contributed by atoms with Crippen molar-refractivity contribution in [2.45, 2.75) is 37.9 Å². The number of amides is 1. The van der Waals surface area contributed by atoms with Crippen molar-refractivity contribution < 1.29 is 35.6 Å². The Morgan fingerprint density at radius 3 is 2.70 bits per heavy atom. The molecule has 0 saturated carbocycles. The number of nitrogens with one attached hydrogen (secondary N) is 1. The molecule has 30 heavy (non-hydrogen) atoms. The predicted molar refractivity (Wildman–Crippen MR) is 99.2 cm³/mol. The zero-order valence-corrected chi connectivity index (χ0v) is 17.0. The van der Waals surface area contributed by atoms with Crippen molar-refractivity contribution >= 4 is 21.6 Å². The van der Waals surface area contributed by atoms with Crippen LogP contribution in [0.15, 0.2) is 33.7 Å². The first kappa shape index (κ1) is 22.1. The van der Waals surface area contributed by atoms with Gasteiger partial charge in [0.1, 0.15) is 16.3 Å². The van der Waals surface area contributed by atoms with Crippen LogP contribution in [0.25, 0.3) is 0 Å². The minimum Gasteiger partial charge on any atom is -0.406 e. The highest BCUT2D eigenvalue weighted by molar-refractivity contribution is 7.89. The third-order valence-electron chi connectivity index (χ3n) is 4.66. The highest BCUT2D eigenvalue weighted by Gasteiger charge is 2.36. The summed E-state index contributed by atoms with van der Waals surface area (Å²) in [7, 11) is -3.89. The average Bonchev–Trinajstić information content (AvgIpc) is 2.99. The molecule has 1 aliphatic heterocycles. The van der Waals surface area contributed by atoms with Gasteiger partial charge in [0.25, 0.3) is 0 Å². The molecule has 12 heteroatoms. The van der Waals surface area contributed by atoms with Crippen molar-refractivity contribution in [1.82, 2.24) is 9.46 Å². The van der Waals surface area contributed by atoms with Gasteiger partial charge in [0.2, 0.25) is 15.9 Å². The van der Waals surface area contributed by atoms with E-state index in [-0.39, 0.29) is 35.1 Å². The highest BCUT2D eigenvalue weighted by atomic mass is 32.2. The average molecular weight is 447 g/mol. The SMILES string of the molecule is Cc1noc(C)c1S(=O)(=O)N1CCC[C@H](C(=O)Nc2cccc(OC(F)(F)F)c2)C1. The second-order valence-electron chi connectivity index (χ2n) is 6.92. The molecule has 1 atom stereocenters. The molecule has 0 aliphatic carbocycles. The number of ether oxygens (including phenoxy) is 1. The Labute approximate surface area is 171 Å². The van der Waals surface area contributed by atoms with Crippen molar-refractivity contribution in [1.29, 1.82) is 0 Å². The number of rotatable bonds is 5. The molecule has 2 aromatic rings. The second kappa shape index (κ2) is 8.26. The number of carbonyl (C=O) groups is 1. The van der Waals surface area contributed by atoms with Gasteiger partial charge in [0.15, 0.2) is 5.76 Å². The summed E-state index contributed by atoms with van der Waals surface area (Å²) < 4.78 is 73.0. The number of aryl methyl sites for hydroxylation is 2. The van der Waals surface area contributed by atoms with Crippen LogP contribution in [0.1, 0.15) is 24.3 Å². The summed E-state index contributed by atoms with van der Waals surface area (Å²) in [6, 6.07) is 4.89. The number of hydrogen-bond acceptors (Lipinski definition) is 6. The predicted octanol–water partition coefficient (Wildman–Crippen LogP) is 3.23. The van der Waals surface area contributed by atoms with Gasteiger partial charge in [-0.05, 0) is 38.8 Å². The van der Waals surface area contributed by atoms with Gasteiger partial charge in [-0.2, -0.15) is 4.31 Å². The molecule has 8 nitrogen and oxygen atoms in total. The molecule has 3 rings (SSSR count). The Morgan fingerprint density at radius 2 is 2.07 bits per heavy atom. The van der Waals surface area contributed by atoms with Gasteiger partial charge >= 0.3 is 6.36 Å². The fourth-order valence-electron chi connectivity index (χ4n) is 3.36. The van der Waals surface area contributed by atoms with Crippen LogP contribution in [0.4, 0.5) is 18.9 Å². The standard InChI is InChI=1S/C18H20F3N3O5S/c1-11-16(12(2)29-23-11)30(26,27)24-8-4-5-13(10-24)17(25)22-14-6-3-7-15(9-14)28-18(19,20)21/h3,6-7,9,13H,4-5,8,10H2,1-2H3,(H,22,25)/t13-/m0/s1. The number of aromatic nitrogens is 1. The molecule has 1 amide bonds. The summed E-state index contributed by atoms with van der Waals surface area (Å²) >= 11 is 0. The minimum atomic E-state index is -4.85. The molecule has 164 valence electrons. The van der Waals surface area contributed by atoms with E-state index in [0.29, 0.717) is 12.8 Å². The first-order valence-electron chi connectivity index (χ1n) is 9.07. The number of hydrogen-bond donors (Lipinski definition) is 1. The van der Waals surface area contributed by atoms with Gasteiger partial charge in [-0.15, -0.1) is 13.2 Å². The Kier molecular flexibility index (Phi) is 6.09. The summed E-state index contributed by atoms with van der Waals surface area (Å²) in [6.07, 6.45) is -3.95. The largest absolute Gasteiger partial charge is 0.573 e. The molecule has 1 saturated heterocycles. The normalized spacial score (nSPS) is 18.2. The number of alkyl halides is 3. The van der Waals surface area contributed by atoms with E-state index >= 15 is 0 Å². The lowest BCUT2D eigenvalue weighted by atomic mass is 9.98. The van der Waals surface area contributed by atoms with Crippen LogP contribution in [0.5, 0.6) is 5.75 Å². The van der Waals surface area contributed by atoms with E-state index in [1.54, 1.807) is 0 Å². The summed E-state index contributed by atoms with van der Waals surface area (Å²) in [4.78, 5) is 12.6. The Hall–Kier alpha value is -2.60. The van der Waals surface area contributed by atoms with Crippen LogP contribution < -0.4 is 10.1 Å². The van der Waals surface area contributed by atoms with E-state index in [0.717, 1.165) is 12.1 Å². The quantitative estimate of drug-likeness (QED) is 0.755. The third-order valence-corrected chi connectivity index (χ3v) is 6.77. The lowest BCUT2D eigenvalue weighted by Crippen LogP contribution is -2.43. The Morgan fingerprint density at radius 1 is 1.33 bits per heavy atom. The minimum absolute atomic E-state index is 0.0134. The molecular weight excluding hydrogens is 427 g/mol. The number of nitrogens with zero attached hydrogens (tertiary/aromatic N) is 2. The first-order valence-corrected chi connectivity index (χ1v) is 10.5. The van der Waals surface area contributed by atoms with Gasteiger partial charge < -0.3 is 14.6 Å². The lowest BCUT2D eigenvalue weighted by molar-refractivity contribution is -0.274. The summed E-state index contributed by atoms with van der Waals surface area (Å²) in [6.45, 7) is 3.20. The molecule has 1 aromatic heterocycles. The lowest BCUT2D eigenvalue weighted by Gasteiger charge is -2.31. The van der Waals surface area contributed by atoms with Gasteiger partial charge in [0.05, 0.1) is 5.92 Å². The highest BCUT2D eigenvalue weighted by Crippen LogP contribution is 2.29. The zero-order valence-electron chi connectivity index (χ0n) is 16.2. The summed E-state index contributed by atoms with van der Waals surface area (Å²) in [5, 5.41) is 6.20.